The van der Waals surface area contributed by atoms with Gasteiger partial charge < -0.3 is 10.4 Å². The second-order valence-electron chi connectivity index (χ2n) is 4.81. The molecule has 1 unspecified atom stereocenters. The van der Waals surface area contributed by atoms with Crippen LogP contribution in [0, 0.1) is 0 Å². The Morgan fingerprint density at radius 2 is 2.12 bits per heavy atom. The Hall–Kier alpha value is -1.10. The number of nitrogens with zero attached hydrogens (tertiary/aromatic N) is 1. The van der Waals surface area contributed by atoms with Gasteiger partial charge in [0, 0.05) is 6.54 Å². The largest absolute Gasteiger partial charge is 0.480 e. The van der Waals surface area contributed by atoms with Crippen LogP contribution >= 0.6 is 0 Å². The second kappa shape index (κ2) is 6.00. The lowest BCUT2D eigenvalue weighted by atomic mass is 9.88. The average Bonchev–Trinajstić information content (AvgIpc) is 2.29. The van der Waals surface area contributed by atoms with E-state index in [0.717, 1.165) is 19.3 Å². The quantitative estimate of drug-likeness (QED) is 0.749. The number of amides is 1. The number of rotatable bonds is 5. The zero-order valence-corrected chi connectivity index (χ0v) is 10.7. The van der Waals surface area contributed by atoms with Crippen molar-refractivity contribution < 1.29 is 14.7 Å². The van der Waals surface area contributed by atoms with Gasteiger partial charge >= 0.3 is 5.97 Å². The second-order valence-corrected chi connectivity index (χ2v) is 4.81. The van der Waals surface area contributed by atoms with Gasteiger partial charge in [-0.1, -0.05) is 6.92 Å². The van der Waals surface area contributed by atoms with Crippen LogP contribution in [0.1, 0.15) is 39.5 Å². The fourth-order valence-corrected chi connectivity index (χ4v) is 2.17. The Labute approximate surface area is 102 Å². The Morgan fingerprint density at radius 1 is 1.41 bits per heavy atom. The van der Waals surface area contributed by atoms with Crippen LogP contribution in [-0.2, 0) is 9.59 Å². The van der Waals surface area contributed by atoms with Crippen molar-refractivity contribution in [2.45, 2.75) is 45.1 Å². The minimum absolute atomic E-state index is 0.0822. The van der Waals surface area contributed by atoms with Gasteiger partial charge in [-0.3, -0.25) is 14.5 Å². The molecule has 0 bridgehead atoms. The number of carbonyl (C=O) groups is 2. The molecule has 1 atom stereocenters. The first-order valence-electron chi connectivity index (χ1n) is 6.26. The number of carbonyl (C=O) groups excluding carboxylic acids is 1. The van der Waals surface area contributed by atoms with Gasteiger partial charge in [-0.25, -0.2) is 0 Å². The molecule has 1 rings (SSSR count). The summed E-state index contributed by atoms with van der Waals surface area (Å²) in [6.07, 6.45) is 3.38. The molecule has 0 radical (unpaired) electrons. The van der Waals surface area contributed by atoms with Crippen LogP contribution in [0.25, 0.3) is 0 Å². The summed E-state index contributed by atoms with van der Waals surface area (Å²) in [6, 6.07) is 0. The van der Waals surface area contributed by atoms with Gasteiger partial charge in [0.2, 0.25) is 5.91 Å². The topological polar surface area (TPSA) is 69.6 Å². The molecule has 98 valence electrons. The van der Waals surface area contributed by atoms with Gasteiger partial charge in [0.15, 0.2) is 0 Å². The molecule has 5 heteroatoms. The molecule has 1 saturated heterocycles. The summed E-state index contributed by atoms with van der Waals surface area (Å²) in [4.78, 5) is 24.7. The number of aliphatic carboxylic acids is 1. The van der Waals surface area contributed by atoms with E-state index in [1.807, 2.05) is 6.92 Å². The van der Waals surface area contributed by atoms with E-state index in [2.05, 4.69) is 5.32 Å². The molecule has 1 amide bonds. The fraction of sp³-hybridized carbons (Fsp3) is 0.833. The van der Waals surface area contributed by atoms with Crippen LogP contribution in [0.2, 0.25) is 0 Å². The number of nitrogens with one attached hydrogen (secondary N) is 1. The first-order valence-corrected chi connectivity index (χ1v) is 6.26. The molecule has 5 nitrogen and oxygen atoms in total. The first kappa shape index (κ1) is 14.0. The van der Waals surface area contributed by atoms with Gasteiger partial charge in [0.25, 0.3) is 0 Å². The molecule has 2 N–H and O–H groups in total. The molecule has 17 heavy (non-hydrogen) atoms. The third-order valence-electron chi connectivity index (χ3n) is 3.41. The summed E-state index contributed by atoms with van der Waals surface area (Å²) in [5.74, 6) is -0.915. The molecule has 0 spiro atoms. The maximum Gasteiger partial charge on any atom is 0.323 e. The van der Waals surface area contributed by atoms with E-state index in [9.17, 15) is 14.7 Å². The van der Waals surface area contributed by atoms with Gasteiger partial charge in [-0.2, -0.15) is 0 Å². The van der Waals surface area contributed by atoms with E-state index >= 15 is 0 Å². The summed E-state index contributed by atoms with van der Waals surface area (Å²) >= 11 is 0. The van der Waals surface area contributed by atoms with E-state index in [0.29, 0.717) is 19.5 Å². The predicted octanol–water partition coefficient (Wildman–Crippen LogP) is 0.842. The van der Waals surface area contributed by atoms with E-state index in [1.165, 1.54) is 0 Å². The van der Waals surface area contributed by atoms with E-state index in [1.54, 1.807) is 11.8 Å². The third kappa shape index (κ3) is 3.43. The number of carboxylic acid groups (broad SMARTS) is 1. The van der Waals surface area contributed by atoms with Crippen LogP contribution in [0.5, 0.6) is 0 Å². The van der Waals surface area contributed by atoms with Crippen molar-refractivity contribution in [2.75, 3.05) is 19.6 Å². The van der Waals surface area contributed by atoms with Crippen molar-refractivity contribution >= 4 is 11.9 Å². The lowest BCUT2D eigenvalue weighted by molar-refractivity contribution is -0.153. The van der Waals surface area contributed by atoms with Crippen molar-refractivity contribution in [1.82, 2.24) is 10.2 Å². The maximum absolute atomic E-state index is 11.6. The first-order chi connectivity index (χ1) is 8.00. The smallest absolute Gasteiger partial charge is 0.323 e. The van der Waals surface area contributed by atoms with E-state index in [-0.39, 0.29) is 12.5 Å². The zero-order chi connectivity index (χ0) is 12.9. The van der Waals surface area contributed by atoms with Crippen molar-refractivity contribution in [3.63, 3.8) is 0 Å². The standard InChI is InChI=1S/C12H22N2O3/c1-3-7-13-10(15)9-14-8-5-4-6-12(14,2)11(16)17/h3-9H2,1-2H3,(H,13,15)(H,16,17). The molecule has 0 aromatic rings. The van der Waals surface area contributed by atoms with Gasteiger partial charge in [0.05, 0.1) is 6.54 Å². The highest BCUT2D eigenvalue weighted by Gasteiger charge is 2.41. The summed E-state index contributed by atoms with van der Waals surface area (Å²) in [5.41, 5.74) is -0.887. The van der Waals surface area contributed by atoms with Gasteiger partial charge in [0.1, 0.15) is 5.54 Å². The third-order valence-corrected chi connectivity index (χ3v) is 3.41. The monoisotopic (exact) mass is 242 g/mol. The molecule has 0 aromatic heterocycles. The SMILES string of the molecule is CCCNC(=O)CN1CCCCC1(C)C(=O)O. The van der Waals surface area contributed by atoms with Crippen LogP contribution in [-0.4, -0.2) is 47.1 Å². The Bertz CT molecular complexity index is 293. The number of likely N-dealkylation sites (tertiary alicyclic amines) is 1. The maximum atomic E-state index is 11.6. The summed E-state index contributed by atoms with van der Waals surface area (Å²) in [7, 11) is 0. The zero-order valence-electron chi connectivity index (χ0n) is 10.7. The highest BCUT2D eigenvalue weighted by Crippen LogP contribution is 2.27. The van der Waals surface area contributed by atoms with Crippen LogP contribution < -0.4 is 5.32 Å². The average molecular weight is 242 g/mol. The summed E-state index contributed by atoms with van der Waals surface area (Å²) in [5, 5.41) is 12.1. The van der Waals surface area contributed by atoms with Crippen LogP contribution in [0.15, 0.2) is 0 Å². The fourth-order valence-electron chi connectivity index (χ4n) is 2.17. The Balaban J connectivity index is 2.60. The Kier molecular flexibility index (Phi) is 4.93. The number of hydrogen-bond donors (Lipinski definition) is 2. The van der Waals surface area contributed by atoms with E-state index in [4.69, 9.17) is 0 Å². The van der Waals surface area contributed by atoms with E-state index < -0.39 is 11.5 Å². The molecule has 1 heterocycles. The highest BCUT2D eigenvalue weighted by atomic mass is 16.4. The Morgan fingerprint density at radius 3 is 2.71 bits per heavy atom. The van der Waals surface area contributed by atoms with Gasteiger partial charge in [-0.05, 0) is 39.2 Å². The number of piperidine rings is 1. The molecular weight excluding hydrogens is 220 g/mol. The van der Waals surface area contributed by atoms with Crippen LogP contribution in [0.3, 0.4) is 0 Å². The highest BCUT2D eigenvalue weighted by molar-refractivity contribution is 5.82. The molecule has 0 aromatic carbocycles. The number of hydrogen-bond acceptors (Lipinski definition) is 3. The summed E-state index contributed by atoms with van der Waals surface area (Å²) in [6.45, 7) is 5.21. The van der Waals surface area contributed by atoms with Crippen molar-refractivity contribution in [3.8, 4) is 0 Å². The number of carboxylic acids is 1. The summed E-state index contributed by atoms with van der Waals surface area (Å²) < 4.78 is 0. The lowest BCUT2D eigenvalue weighted by Gasteiger charge is -2.41. The van der Waals surface area contributed by atoms with Crippen molar-refractivity contribution in [2.24, 2.45) is 0 Å². The minimum Gasteiger partial charge on any atom is -0.480 e. The predicted molar refractivity (Wildman–Crippen MR) is 64.8 cm³/mol. The molecule has 0 aliphatic carbocycles. The van der Waals surface area contributed by atoms with Gasteiger partial charge in [-0.15, -0.1) is 0 Å². The molecule has 1 aliphatic rings. The molecule has 1 fully saturated rings. The lowest BCUT2D eigenvalue weighted by Crippen LogP contribution is -2.57. The normalized spacial score (nSPS) is 25.5. The van der Waals surface area contributed by atoms with Crippen molar-refractivity contribution in [3.05, 3.63) is 0 Å². The molecule has 1 aliphatic heterocycles. The van der Waals surface area contributed by atoms with Crippen LogP contribution in [0.4, 0.5) is 0 Å². The molecular formula is C12H22N2O3. The van der Waals surface area contributed by atoms with Crippen molar-refractivity contribution in [1.29, 1.82) is 0 Å². The minimum atomic E-state index is -0.887. The molecule has 0 saturated carbocycles.